The summed E-state index contributed by atoms with van der Waals surface area (Å²) in [4.78, 5) is 16.3. The summed E-state index contributed by atoms with van der Waals surface area (Å²) in [5.41, 5.74) is 8.08. The maximum absolute atomic E-state index is 11.1. The molecular formula is C31H39N3O3. The molecule has 3 aliphatic rings. The van der Waals surface area contributed by atoms with Crippen LogP contribution in [0.25, 0.3) is 22.2 Å². The molecule has 0 amide bonds. The minimum Gasteiger partial charge on any atom is -0.429 e. The molecule has 3 heterocycles. The van der Waals surface area contributed by atoms with Gasteiger partial charge in [-0.3, -0.25) is 9.69 Å². The van der Waals surface area contributed by atoms with Gasteiger partial charge in [-0.15, -0.1) is 0 Å². The van der Waals surface area contributed by atoms with Crippen molar-refractivity contribution in [1.82, 2.24) is 9.47 Å². The zero-order valence-corrected chi connectivity index (χ0v) is 22.1. The molecule has 0 spiro atoms. The summed E-state index contributed by atoms with van der Waals surface area (Å²) in [5, 5.41) is 1.32. The van der Waals surface area contributed by atoms with Crippen molar-refractivity contribution in [2.24, 2.45) is 0 Å². The van der Waals surface area contributed by atoms with Gasteiger partial charge in [0.15, 0.2) is 0 Å². The summed E-state index contributed by atoms with van der Waals surface area (Å²) in [6.45, 7) is 10.5. The van der Waals surface area contributed by atoms with Gasteiger partial charge < -0.3 is 18.9 Å². The first kappa shape index (κ1) is 24.5. The van der Waals surface area contributed by atoms with Gasteiger partial charge in [0.1, 0.15) is 5.75 Å². The molecule has 1 aliphatic carbocycles. The summed E-state index contributed by atoms with van der Waals surface area (Å²) in [5.74, 6) is 1.19. The molecule has 2 fully saturated rings. The summed E-state index contributed by atoms with van der Waals surface area (Å²) in [7, 11) is 0. The number of nitrogens with zero attached hydrogens (tertiary/aromatic N) is 3. The van der Waals surface area contributed by atoms with Crippen molar-refractivity contribution < 1.29 is 14.3 Å². The van der Waals surface area contributed by atoms with Gasteiger partial charge in [-0.2, -0.15) is 0 Å². The predicted octanol–water partition coefficient (Wildman–Crippen LogP) is 5.74. The molecule has 1 saturated heterocycles. The maximum atomic E-state index is 11.1. The van der Waals surface area contributed by atoms with E-state index in [-0.39, 0.29) is 0 Å². The fourth-order valence-electron chi connectivity index (χ4n) is 6.77. The quantitative estimate of drug-likeness (QED) is 0.403. The molecule has 0 radical (unpaired) electrons. The fraction of sp³-hybridized carbons (Fsp3) is 0.516. The molecule has 6 nitrogen and oxygen atoms in total. The normalized spacial score (nSPS) is 19.2. The van der Waals surface area contributed by atoms with Gasteiger partial charge in [-0.25, -0.2) is 0 Å². The largest absolute Gasteiger partial charge is 0.429 e. The summed E-state index contributed by atoms with van der Waals surface area (Å²) >= 11 is 0. The minimum atomic E-state index is 0.531. The van der Waals surface area contributed by atoms with Crippen molar-refractivity contribution in [3.8, 4) is 17.0 Å². The number of carbonyl (C=O) groups excluding carboxylic acids is 1. The van der Waals surface area contributed by atoms with E-state index in [4.69, 9.17) is 9.47 Å². The van der Waals surface area contributed by atoms with Crippen molar-refractivity contribution in [2.75, 3.05) is 50.8 Å². The van der Waals surface area contributed by atoms with E-state index in [1.54, 1.807) is 0 Å². The van der Waals surface area contributed by atoms with E-state index in [1.807, 2.05) is 6.07 Å². The highest BCUT2D eigenvalue weighted by atomic mass is 16.5. The number of rotatable bonds is 6. The smallest absolute Gasteiger partial charge is 0.298 e. The van der Waals surface area contributed by atoms with Gasteiger partial charge >= 0.3 is 0 Å². The Morgan fingerprint density at radius 1 is 0.946 bits per heavy atom. The minimum absolute atomic E-state index is 0.531. The molecule has 37 heavy (non-hydrogen) atoms. The maximum Gasteiger partial charge on any atom is 0.298 e. The zero-order chi connectivity index (χ0) is 25.2. The van der Waals surface area contributed by atoms with Gasteiger partial charge in [0, 0.05) is 68.6 Å². The van der Waals surface area contributed by atoms with Crippen molar-refractivity contribution in [2.45, 2.75) is 57.9 Å². The zero-order valence-electron chi connectivity index (χ0n) is 22.1. The van der Waals surface area contributed by atoms with Gasteiger partial charge in [-0.05, 0) is 61.4 Å². The Labute approximate surface area is 220 Å². The Bertz CT molecular complexity index is 1250. The van der Waals surface area contributed by atoms with Crippen LogP contribution in [-0.4, -0.2) is 61.9 Å². The molecule has 0 unspecified atom stereocenters. The third-order valence-corrected chi connectivity index (χ3v) is 8.62. The lowest BCUT2D eigenvalue weighted by molar-refractivity contribution is -0.120. The van der Waals surface area contributed by atoms with Crippen molar-refractivity contribution in [3.05, 3.63) is 47.5 Å². The van der Waals surface area contributed by atoms with E-state index in [0.717, 1.165) is 58.9 Å². The number of carbonyl (C=O) groups is 1. The first-order valence-electron chi connectivity index (χ1n) is 14.2. The predicted molar refractivity (Wildman–Crippen MR) is 149 cm³/mol. The van der Waals surface area contributed by atoms with Crippen LogP contribution in [0.3, 0.4) is 0 Å². The summed E-state index contributed by atoms with van der Waals surface area (Å²) in [6, 6.07) is 13.2. The standard InChI is InChI=1S/C31H39N3O3/c1-23-8-10-27-28(20-23)33(14-13-32-12-5-18-36-19-17-32)15-16-34-29-21-25(37-22-35)9-11-26(29)30(31(27)34)24-6-3-2-4-7-24/h8-11,20-22,24H,2-7,12-19H2,1H3. The van der Waals surface area contributed by atoms with Crippen LogP contribution in [0.2, 0.25) is 0 Å². The third-order valence-electron chi connectivity index (χ3n) is 8.62. The molecule has 196 valence electrons. The van der Waals surface area contributed by atoms with Crippen LogP contribution in [0.1, 0.15) is 55.6 Å². The lowest BCUT2D eigenvalue weighted by Crippen LogP contribution is -2.37. The first-order chi connectivity index (χ1) is 18.2. The number of hydrogen-bond donors (Lipinski definition) is 0. The molecule has 2 aliphatic heterocycles. The van der Waals surface area contributed by atoms with Gasteiger partial charge in [0.05, 0.1) is 17.8 Å². The SMILES string of the molecule is Cc1ccc2c(c1)N(CCN1CCCOCC1)CCn1c-2c(C2CCCCC2)c2ccc(OC=O)cc21. The Morgan fingerprint density at radius 2 is 1.84 bits per heavy atom. The number of hydrogen-bond acceptors (Lipinski definition) is 5. The third kappa shape index (κ3) is 4.89. The Hall–Kier alpha value is -2.83. The van der Waals surface area contributed by atoms with E-state index < -0.39 is 0 Å². The van der Waals surface area contributed by atoms with Crippen LogP contribution in [0.4, 0.5) is 5.69 Å². The first-order valence-corrected chi connectivity index (χ1v) is 14.2. The Kier molecular flexibility index (Phi) is 7.21. The number of ether oxygens (including phenoxy) is 2. The number of aromatic nitrogens is 1. The van der Waals surface area contributed by atoms with E-state index in [9.17, 15) is 4.79 Å². The molecule has 6 rings (SSSR count). The number of benzene rings is 2. The van der Waals surface area contributed by atoms with Crippen LogP contribution in [0.5, 0.6) is 5.75 Å². The van der Waals surface area contributed by atoms with Crippen molar-refractivity contribution >= 4 is 23.1 Å². The average Bonchev–Trinajstić information content (AvgIpc) is 3.06. The summed E-state index contributed by atoms with van der Waals surface area (Å²) < 4.78 is 13.5. The van der Waals surface area contributed by atoms with Gasteiger partial charge in [-0.1, -0.05) is 31.4 Å². The summed E-state index contributed by atoms with van der Waals surface area (Å²) in [6.07, 6.45) is 7.56. The Morgan fingerprint density at radius 3 is 2.70 bits per heavy atom. The van der Waals surface area contributed by atoms with E-state index in [2.05, 4.69) is 51.6 Å². The highest BCUT2D eigenvalue weighted by Crippen LogP contribution is 2.48. The fourth-order valence-corrected chi connectivity index (χ4v) is 6.77. The van der Waals surface area contributed by atoms with E-state index in [1.165, 1.54) is 71.1 Å². The van der Waals surface area contributed by atoms with E-state index >= 15 is 0 Å². The van der Waals surface area contributed by atoms with Gasteiger partial charge in [0.2, 0.25) is 0 Å². The highest BCUT2D eigenvalue weighted by Gasteiger charge is 2.30. The number of fused-ring (bicyclic) bond motifs is 5. The second-order valence-corrected chi connectivity index (χ2v) is 11.0. The van der Waals surface area contributed by atoms with Gasteiger partial charge in [0.25, 0.3) is 6.47 Å². The van der Waals surface area contributed by atoms with Crippen molar-refractivity contribution in [1.29, 1.82) is 0 Å². The average molecular weight is 502 g/mol. The molecule has 1 saturated carbocycles. The number of aryl methyl sites for hydroxylation is 1. The second-order valence-electron chi connectivity index (χ2n) is 11.0. The van der Waals surface area contributed by atoms with Crippen LogP contribution >= 0.6 is 0 Å². The van der Waals surface area contributed by atoms with Crippen LogP contribution in [0.15, 0.2) is 36.4 Å². The van der Waals surface area contributed by atoms with Crippen molar-refractivity contribution in [3.63, 3.8) is 0 Å². The molecule has 0 N–H and O–H groups in total. The topological polar surface area (TPSA) is 46.9 Å². The molecular weight excluding hydrogens is 462 g/mol. The second kappa shape index (κ2) is 10.9. The molecule has 0 bridgehead atoms. The monoisotopic (exact) mass is 501 g/mol. The molecule has 3 aromatic rings. The molecule has 6 heteroatoms. The Balaban J connectivity index is 1.45. The van der Waals surface area contributed by atoms with E-state index in [0.29, 0.717) is 18.1 Å². The van der Waals surface area contributed by atoms with Crippen LogP contribution in [-0.2, 0) is 16.1 Å². The number of anilines is 1. The highest BCUT2D eigenvalue weighted by molar-refractivity contribution is 5.96. The lowest BCUT2D eigenvalue weighted by atomic mass is 9.81. The molecule has 0 atom stereocenters. The van der Waals surface area contributed by atoms with Crippen LogP contribution < -0.4 is 9.64 Å². The molecule has 1 aromatic heterocycles. The molecule has 2 aromatic carbocycles. The lowest BCUT2D eigenvalue weighted by Gasteiger charge is -2.29. The van der Waals surface area contributed by atoms with Crippen LogP contribution in [0, 0.1) is 6.92 Å².